The number of sulfonamides is 1. The molecule has 3 rings (SSSR count). The third-order valence-corrected chi connectivity index (χ3v) is 7.69. The Bertz CT molecular complexity index is 746. The standard InChI is InChI=1S/C17H23Cl2N3O3S/c18-14-7-4-8-15(19)16(14)26(24,25)22-11-5-6-13(12-22)20-17(23)21-9-2-1-3-10-21/h4,7-8,13H,1-3,5-6,9-12H2,(H,20,23). The van der Waals surface area contributed by atoms with Gasteiger partial charge in [0.1, 0.15) is 4.90 Å². The minimum absolute atomic E-state index is 0.0636. The molecule has 0 saturated carbocycles. The number of carbonyl (C=O) groups is 1. The van der Waals surface area contributed by atoms with Crippen molar-refractivity contribution in [1.29, 1.82) is 0 Å². The second-order valence-corrected chi connectivity index (χ2v) is 9.44. The first-order valence-electron chi connectivity index (χ1n) is 8.89. The lowest BCUT2D eigenvalue weighted by atomic mass is 10.1. The van der Waals surface area contributed by atoms with Crippen LogP contribution in [0.5, 0.6) is 0 Å². The molecule has 1 aromatic carbocycles. The van der Waals surface area contributed by atoms with Crippen LogP contribution < -0.4 is 5.32 Å². The Morgan fingerprint density at radius 2 is 1.69 bits per heavy atom. The van der Waals surface area contributed by atoms with Gasteiger partial charge in [0, 0.05) is 32.2 Å². The number of nitrogens with zero attached hydrogens (tertiary/aromatic N) is 2. The zero-order valence-corrected chi connectivity index (χ0v) is 16.8. The molecule has 6 nitrogen and oxygen atoms in total. The maximum Gasteiger partial charge on any atom is 0.317 e. The highest BCUT2D eigenvalue weighted by Crippen LogP contribution is 2.32. The van der Waals surface area contributed by atoms with Gasteiger partial charge in [0.15, 0.2) is 0 Å². The summed E-state index contributed by atoms with van der Waals surface area (Å²) in [7, 11) is -3.81. The highest BCUT2D eigenvalue weighted by atomic mass is 35.5. The number of nitrogens with one attached hydrogen (secondary N) is 1. The molecule has 1 aromatic rings. The van der Waals surface area contributed by atoms with E-state index in [4.69, 9.17) is 23.2 Å². The smallest absolute Gasteiger partial charge is 0.317 e. The van der Waals surface area contributed by atoms with Crippen LogP contribution in [0.2, 0.25) is 10.0 Å². The molecular formula is C17H23Cl2N3O3S. The number of halogens is 2. The van der Waals surface area contributed by atoms with Crippen LogP contribution in [0, 0.1) is 0 Å². The zero-order valence-electron chi connectivity index (χ0n) is 14.5. The topological polar surface area (TPSA) is 69.7 Å². The lowest BCUT2D eigenvalue weighted by molar-refractivity contribution is 0.176. The minimum Gasteiger partial charge on any atom is -0.334 e. The lowest BCUT2D eigenvalue weighted by Gasteiger charge is -2.35. The van der Waals surface area contributed by atoms with Crippen LogP contribution in [0.1, 0.15) is 32.1 Å². The summed E-state index contributed by atoms with van der Waals surface area (Å²) in [5.41, 5.74) is 0. The van der Waals surface area contributed by atoms with Gasteiger partial charge in [-0.2, -0.15) is 4.31 Å². The zero-order chi connectivity index (χ0) is 18.7. The molecule has 9 heteroatoms. The molecular weight excluding hydrogens is 397 g/mol. The van der Waals surface area contributed by atoms with Crippen molar-refractivity contribution in [2.75, 3.05) is 26.2 Å². The van der Waals surface area contributed by atoms with Crippen LogP contribution in [0.4, 0.5) is 4.79 Å². The normalized spacial score (nSPS) is 22.2. The van der Waals surface area contributed by atoms with Crippen molar-refractivity contribution in [3.63, 3.8) is 0 Å². The minimum atomic E-state index is -3.81. The Labute approximate surface area is 164 Å². The van der Waals surface area contributed by atoms with Crippen molar-refractivity contribution in [2.45, 2.75) is 43.0 Å². The maximum absolute atomic E-state index is 13.0. The van der Waals surface area contributed by atoms with Crippen molar-refractivity contribution in [3.8, 4) is 0 Å². The highest BCUT2D eigenvalue weighted by Gasteiger charge is 2.34. The van der Waals surface area contributed by atoms with Crippen molar-refractivity contribution in [1.82, 2.24) is 14.5 Å². The summed E-state index contributed by atoms with van der Waals surface area (Å²) in [6.07, 6.45) is 4.61. The molecule has 0 aromatic heterocycles. The van der Waals surface area contributed by atoms with Crippen LogP contribution in [0.15, 0.2) is 23.1 Å². The van der Waals surface area contributed by atoms with Gasteiger partial charge >= 0.3 is 6.03 Å². The van der Waals surface area contributed by atoms with Gasteiger partial charge in [-0.3, -0.25) is 0 Å². The Hall–Kier alpha value is -1.02. The van der Waals surface area contributed by atoms with E-state index in [1.165, 1.54) is 16.4 Å². The summed E-state index contributed by atoms with van der Waals surface area (Å²) in [6, 6.07) is 4.32. The Kier molecular flexibility index (Phi) is 6.33. The van der Waals surface area contributed by atoms with E-state index in [-0.39, 0.29) is 33.6 Å². The van der Waals surface area contributed by atoms with Gasteiger partial charge in [0.05, 0.1) is 10.0 Å². The molecule has 0 aliphatic carbocycles. The number of rotatable bonds is 3. The molecule has 0 radical (unpaired) electrons. The number of benzene rings is 1. The largest absolute Gasteiger partial charge is 0.334 e. The molecule has 1 unspecified atom stereocenters. The van der Waals surface area contributed by atoms with Crippen LogP contribution in [0.25, 0.3) is 0 Å². The molecule has 0 bridgehead atoms. The fourth-order valence-corrected chi connectivity index (χ4v) is 6.11. The second kappa shape index (κ2) is 8.33. The van der Waals surface area contributed by atoms with Gasteiger partial charge in [0.25, 0.3) is 0 Å². The molecule has 144 valence electrons. The van der Waals surface area contributed by atoms with E-state index in [0.717, 1.165) is 38.8 Å². The Balaban J connectivity index is 1.70. The van der Waals surface area contributed by atoms with Gasteiger partial charge in [-0.25, -0.2) is 13.2 Å². The van der Waals surface area contributed by atoms with Gasteiger partial charge in [-0.05, 0) is 44.2 Å². The number of carbonyl (C=O) groups excluding carboxylic acids is 1. The van der Waals surface area contributed by atoms with E-state index in [0.29, 0.717) is 13.0 Å². The van der Waals surface area contributed by atoms with Crippen molar-refractivity contribution in [2.24, 2.45) is 0 Å². The fraction of sp³-hybridized carbons (Fsp3) is 0.588. The molecule has 2 saturated heterocycles. The number of hydrogen-bond donors (Lipinski definition) is 1. The van der Waals surface area contributed by atoms with Crippen molar-refractivity contribution in [3.05, 3.63) is 28.2 Å². The molecule has 2 amide bonds. The first-order chi connectivity index (χ1) is 12.4. The lowest BCUT2D eigenvalue weighted by Crippen LogP contribution is -2.53. The third kappa shape index (κ3) is 4.27. The summed E-state index contributed by atoms with van der Waals surface area (Å²) in [6.45, 7) is 2.13. The third-order valence-electron chi connectivity index (χ3n) is 4.87. The molecule has 26 heavy (non-hydrogen) atoms. The summed E-state index contributed by atoms with van der Waals surface area (Å²) >= 11 is 12.2. The van der Waals surface area contributed by atoms with E-state index >= 15 is 0 Å². The van der Waals surface area contributed by atoms with E-state index in [2.05, 4.69) is 5.32 Å². The molecule has 2 aliphatic heterocycles. The molecule has 2 heterocycles. The van der Waals surface area contributed by atoms with E-state index in [1.54, 1.807) is 6.07 Å². The predicted molar refractivity (Wildman–Crippen MR) is 102 cm³/mol. The maximum atomic E-state index is 13.0. The van der Waals surface area contributed by atoms with Crippen molar-refractivity contribution < 1.29 is 13.2 Å². The van der Waals surface area contributed by atoms with Gasteiger partial charge < -0.3 is 10.2 Å². The Morgan fingerprint density at radius 3 is 2.35 bits per heavy atom. The van der Waals surface area contributed by atoms with Crippen LogP contribution in [-0.4, -0.2) is 55.9 Å². The average molecular weight is 420 g/mol. The Morgan fingerprint density at radius 1 is 1.04 bits per heavy atom. The van der Waals surface area contributed by atoms with Crippen LogP contribution in [0.3, 0.4) is 0 Å². The first-order valence-corrected chi connectivity index (χ1v) is 11.1. The van der Waals surface area contributed by atoms with Crippen molar-refractivity contribution >= 4 is 39.3 Å². The number of amides is 2. The number of likely N-dealkylation sites (tertiary alicyclic amines) is 1. The summed E-state index contributed by atoms with van der Waals surface area (Å²) in [4.78, 5) is 14.1. The predicted octanol–water partition coefficient (Wildman–Crippen LogP) is 3.34. The van der Waals surface area contributed by atoms with Gasteiger partial charge in [-0.1, -0.05) is 29.3 Å². The quantitative estimate of drug-likeness (QED) is 0.816. The van der Waals surface area contributed by atoms with E-state index < -0.39 is 10.0 Å². The summed E-state index contributed by atoms with van der Waals surface area (Å²) in [5, 5.41) is 3.20. The van der Waals surface area contributed by atoms with E-state index in [1.807, 2.05) is 4.90 Å². The number of piperidine rings is 2. The monoisotopic (exact) mass is 419 g/mol. The van der Waals surface area contributed by atoms with Gasteiger partial charge in [-0.15, -0.1) is 0 Å². The highest BCUT2D eigenvalue weighted by molar-refractivity contribution is 7.89. The van der Waals surface area contributed by atoms with Crippen LogP contribution >= 0.6 is 23.2 Å². The number of hydrogen-bond acceptors (Lipinski definition) is 3. The molecule has 1 N–H and O–H groups in total. The summed E-state index contributed by atoms with van der Waals surface area (Å²) < 4.78 is 27.4. The van der Waals surface area contributed by atoms with E-state index in [9.17, 15) is 13.2 Å². The fourth-order valence-electron chi connectivity index (χ4n) is 3.50. The van der Waals surface area contributed by atoms with Crippen LogP contribution in [-0.2, 0) is 10.0 Å². The number of urea groups is 1. The SMILES string of the molecule is O=C(NC1CCCN(S(=O)(=O)c2c(Cl)cccc2Cl)C1)N1CCCCC1. The first kappa shape index (κ1) is 19.7. The molecule has 0 spiro atoms. The molecule has 2 aliphatic rings. The second-order valence-electron chi connectivity index (χ2n) is 6.75. The van der Waals surface area contributed by atoms with Gasteiger partial charge in [0.2, 0.25) is 10.0 Å². The summed E-state index contributed by atoms with van der Waals surface area (Å²) in [5.74, 6) is 0. The molecule has 1 atom stereocenters. The molecule has 2 fully saturated rings. The average Bonchev–Trinajstić information content (AvgIpc) is 2.62.